The third-order valence-electron chi connectivity index (χ3n) is 3.86. The van der Waals surface area contributed by atoms with Crippen LogP contribution in [0.3, 0.4) is 0 Å². The van der Waals surface area contributed by atoms with Crippen molar-refractivity contribution < 1.29 is 27.5 Å². The highest BCUT2D eigenvalue weighted by Gasteiger charge is 2.30. The van der Waals surface area contributed by atoms with E-state index in [1.165, 1.54) is 16.4 Å². The maximum absolute atomic E-state index is 12.7. The van der Waals surface area contributed by atoms with Crippen LogP contribution in [0.25, 0.3) is 0 Å². The number of benzene rings is 1. The zero-order chi connectivity index (χ0) is 20.9. The molecule has 1 aromatic rings. The van der Waals surface area contributed by atoms with E-state index in [0.29, 0.717) is 13.1 Å². The van der Waals surface area contributed by atoms with Gasteiger partial charge < -0.3 is 10.1 Å². The van der Waals surface area contributed by atoms with Crippen LogP contribution in [0.2, 0.25) is 5.02 Å². The van der Waals surface area contributed by atoms with Crippen molar-refractivity contribution in [1.29, 1.82) is 0 Å². The molecule has 1 aliphatic rings. The fourth-order valence-electron chi connectivity index (χ4n) is 2.57. The molecule has 0 unspecified atom stereocenters. The smallest absolute Gasteiger partial charge is 0.338 e. The SMILES string of the molecule is CC(C)NC(=O)NC(=O)COC(=O)c1ccc(Cl)c(S(=O)(=O)N2CCCC2)c1. The first-order chi connectivity index (χ1) is 13.1. The number of nitrogens with one attached hydrogen (secondary N) is 2. The Morgan fingerprint density at radius 1 is 1.21 bits per heavy atom. The van der Waals surface area contributed by atoms with E-state index in [9.17, 15) is 22.8 Å². The number of imide groups is 1. The summed E-state index contributed by atoms with van der Waals surface area (Å²) >= 11 is 6.02. The molecule has 0 bridgehead atoms. The summed E-state index contributed by atoms with van der Waals surface area (Å²) in [6, 6.07) is 2.85. The Morgan fingerprint density at radius 3 is 2.46 bits per heavy atom. The van der Waals surface area contributed by atoms with E-state index in [-0.39, 0.29) is 21.5 Å². The molecule has 1 aliphatic heterocycles. The second-order valence-corrected chi connectivity index (χ2v) is 8.82. The van der Waals surface area contributed by atoms with Crippen LogP contribution in [0.5, 0.6) is 0 Å². The van der Waals surface area contributed by atoms with Crippen molar-refractivity contribution in [3.05, 3.63) is 28.8 Å². The van der Waals surface area contributed by atoms with Gasteiger partial charge in [-0.3, -0.25) is 10.1 Å². The minimum atomic E-state index is -3.82. The molecule has 0 aromatic heterocycles. The molecule has 1 fully saturated rings. The quantitative estimate of drug-likeness (QED) is 0.658. The molecule has 0 spiro atoms. The van der Waals surface area contributed by atoms with Gasteiger partial charge in [-0.05, 0) is 44.9 Å². The van der Waals surface area contributed by atoms with E-state index in [0.717, 1.165) is 18.9 Å². The zero-order valence-corrected chi connectivity index (χ0v) is 17.1. The largest absolute Gasteiger partial charge is 0.452 e. The van der Waals surface area contributed by atoms with Crippen molar-refractivity contribution in [2.45, 2.75) is 37.6 Å². The summed E-state index contributed by atoms with van der Waals surface area (Å²) < 4.78 is 31.5. The van der Waals surface area contributed by atoms with Crippen molar-refractivity contribution in [3.8, 4) is 0 Å². The molecule has 2 N–H and O–H groups in total. The average Bonchev–Trinajstić information content (AvgIpc) is 3.14. The second-order valence-electron chi connectivity index (χ2n) is 6.51. The molecule has 9 nitrogen and oxygen atoms in total. The number of ether oxygens (including phenoxy) is 1. The Labute approximate surface area is 168 Å². The lowest BCUT2D eigenvalue weighted by Gasteiger charge is -2.17. The maximum Gasteiger partial charge on any atom is 0.338 e. The van der Waals surface area contributed by atoms with Crippen LogP contribution >= 0.6 is 11.6 Å². The van der Waals surface area contributed by atoms with Gasteiger partial charge in [-0.1, -0.05) is 11.6 Å². The molecule has 0 saturated carbocycles. The van der Waals surface area contributed by atoms with Gasteiger partial charge in [0.15, 0.2) is 6.61 Å². The monoisotopic (exact) mass is 431 g/mol. The normalized spacial score (nSPS) is 14.7. The highest BCUT2D eigenvalue weighted by atomic mass is 35.5. The van der Waals surface area contributed by atoms with Gasteiger partial charge in [-0.2, -0.15) is 4.31 Å². The number of carbonyl (C=O) groups is 3. The Kier molecular flexibility index (Phi) is 7.39. The van der Waals surface area contributed by atoms with Crippen LogP contribution < -0.4 is 10.6 Å². The zero-order valence-electron chi connectivity index (χ0n) is 15.5. The van der Waals surface area contributed by atoms with E-state index >= 15 is 0 Å². The molecule has 28 heavy (non-hydrogen) atoms. The first-order valence-electron chi connectivity index (χ1n) is 8.68. The van der Waals surface area contributed by atoms with Gasteiger partial charge in [-0.15, -0.1) is 0 Å². The molecule has 1 heterocycles. The Morgan fingerprint density at radius 2 is 1.86 bits per heavy atom. The summed E-state index contributed by atoms with van der Waals surface area (Å²) in [5.74, 6) is -1.72. The van der Waals surface area contributed by atoms with Crippen molar-refractivity contribution in [1.82, 2.24) is 14.9 Å². The lowest BCUT2D eigenvalue weighted by atomic mass is 10.2. The molecule has 1 saturated heterocycles. The van der Waals surface area contributed by atoms with Crippen LogP contribution in [-0.4, -0.2) is 56.4 Å². The topological polar surface area (TPSA) is 122 Å². The molecule has 2 rings (SSSR count). The lowest BCUT2D eigenvalue weighted by Crippen LogP contribution is -2.44. The van der Waals surface area contributed by atoms with Crippen molar-refractivity contribution >= 4 is 39.5 Å². The molecule has 0 radical (unpaired) electrons. The lowest BCUT2D eigenvalue weighted by molar-refractivity contribution is -0.123. The Balaban J connectivity index is 2.04. The number of urea groups is 1. The number of esters is 1. The van der Waals surface area contributed by atoms with Gasteiger partial charge in [0.25, 0.3) is 5.91 Å². The molecular formula is C17H22ClN3O6S. The summed E-state index contributed by atoms with van der Waals surface area (Å²) in [5, 5.41) is 4.45. The molecule has 0 aliphatic carbocycles. The number of sulfonamides is 1. The van der Waals surface area contributed by atoms with E-state index in [2.05, 4.69) is 5.32 Å². The molecular weight excluding hydrogens is 410 g/mol. The number of hydrogen-bond acceptors (Lipinski definition) is 6. The van der Waals surface area contributed by atoms with E-state index in [1.807, 2.05) is 5.32 Å². The van der Waals surface area contributed by atoms with Gasteiger partial charge in [0.05, 0.1) is 10.6 Å². The summed E-state index contributed by atoms with van der Waals surface area (Å²) in [6.07, 6.45) is 1.52. The van der Waals surface area contributed by atoms with Crippen LogP contribution in [0.4, 0.5) is 4.79 Å². The fourth-order valence-corrected chi connectivity index (χ4v) is 4.59. The highest BCUT2D eigenvalue weighted by molar-refractivity contribution is 7.89. The van der Waals surface area contributed by atoms with E-state index < -0.39 is 34.5 Å². The van der Waals surface area contributed by atoms with Gasteiger partial charge in [0.1, 0.15) is 4.90 Å². The average molecular weight is 432 g/mol. The number of rotatable bonds is 6. The van der Waals surface area contributed by atoms with Crippen molar-refractivity contribution in [2.75, 3.05) is 19.7 Å². The first kappa shape index (κ1) is 22.1. The van der Waals surface area contributed by atoms with Gasteiger partial charge in [0.2, 0.25) is 10.0 Å². The standard InChI is InChI=1S/C17H22ClN3O6S/c1-11(2)19-17(24)20-15(22)10-27-16(23)12-5-6-13(18)14(9-12)28(25,26)21-7-3-4-8-21/h5-6,9,11H,3-4,7-8,10H2,1-2H3,(H2,19,20,22,24). The number of amides is 3. The Bertz CT molecular complexity index is 866. The van der Waals surface area contributed by atoms with Crippen LogP contribution in [-0.2, 0) is 19.6 Å². The van der Waals surface area contributed by atoms with Gasteiger partial charge >= 0.3 is 12.0 Å². The molecule has 11 heteroatoms. The van der Waals surface area contributed by atoms with Crippen molar-refractivity contribution in [2.24, 2.45) is 0 Å². The maximum atomic E-state index is 12.7. The summed E-state index contributed by atoms with van der Waals surface area (Å²) in [7, 11) is -3.82. The second kappa shape index (κ2) is 9.35. The molecule has 0 atom stereocenters. The van der Waals surface area contributed by atoms with Gasteiger partial charge in [0, 0.05) is 19.1 Å². The molecule has 3 amide bonds. The van der Waals surface area contributed by atoms with Crippen molar-refractivity contribution in [3.63, 3.8) is 0 Å². The first-order valence-corrected chi connectivity index (χ1v) is 10.5. The Hall–Kier alpha value is -2.17. The predicted molar refractivity (Wildman–Crippen MR) is 102 cm³/mol. The molecule has 1 aromatic carbocycles. The summed E-state index contributed by atoms with van der Waals surface area (Å²) in [4.78, 5) is 35.1. The predicted octanol–water partition coefficient (Wildman–Crippen LogP) is 1.52. The number of hydrogen-bond donors (Lipinski definition) is 2. The fraction of sp³-hybridized carbons (Fsp3) is 0.471. The minimum Gasteiger partial charge on any atom is -0.452 e. The number of nitrogens with zero attached hydrogens (tertiary/aromatic N) is 1. The minimum absolute atomic E-state index is 0.00782. The third kappa shape index (κ3) is 5.66. The van der Waals surface area contributed by atoms with E-state index in [1.54, 1.807) is 13.8 Å². The number of carbonyl (C=O) groups excluding carboxylic acids is 3. The van der Waals surface area contributed by atoms with Gasteiger partial charge in [-0.25, -0.2) is 18.0 Å². The summed E-state index contributed by atoms with van der Waals surface area (Å²) in [5.41, 5.74) is -0.0680. The highest BCUT2D eigenvalue weighted by Crippen LogP contribution is 2.28. The van der Waals surface area contributed by atoms with E-state index in [4.69, 9.17) is 16.3 Å². The number of halogens is 1. The third-order valence-corrected chi connectivity index (χ3v) is 6.24. The summed E-state index contributed by atoms with van der Waals surface area (Å²) in [6.45, 7) is 3.54. The van der Waals surface area contributed by atoms with Crippen LogP contribution in [0.15, 0.2) is 23.1 Å². The molecule has 154 valence electrons. The van der Waals surface area contributed by atoms with Crippen LogP contribution in [0.1, 0.15) is 37.0 Å². The van der Waals surface area contributed by atoms with Crippen LogP contribution in [0, 0.1) is 0 Å².